The Morgan fingerprint density at radius 2 is 1.88 bits per heavy atom. The highest BCUT2D eigenvalue weighted by Gasteiger charge is 2.41. The molecule has 0 amide bonds. The zero-order valence-corrected chi connectivity index (χ0v) is 20.7. The number of hydrogen-bond acceptors (Lipinski definition) is 5. The highest BCUT2D eigenvalue weighted by molar-refractivity contribution is 9.10. The van der Waals surface area contributed by atoms with Crippen molar-refractivity contribution in [2.45, 2.75) is 12.1 Å². The fourth-order valence-corrected chi connectivity index (χ4v) is 5.51. The van der Waals surface area contributed by atoms with Crippen LogP contribution in [-0.4, -0.2) is 21.9 Å². The van der Waals surface area contributed by atoms with Crippen molar-refractivity contribution in [1.82, 2.24) is 14.8 Å². The molecule has 3 heterocycles. The third-order valence-corrected chi connectivity index (χ3v) is 7.08. The predicted octanol–water partition coefficient (Wildman–Crippen LogP) is 6.37. The first-order valence-electron chi connectivity index (χ1n) is 10.4. The van der Waals surface area contributed by atoms with E-state index in [2.05, 4.69) is 77.6 Å². The van der Waals surface area contributed by atoms with Gasteiger partial charge in [0.05, 0.1) is 17.3 Å². The van der Waals surface area contributed by atoms with Crippen LogP contribution in [0.3, 0.4) is 0 Å². The lowest BCUT2D eigenvalue weighted by Gasteiger charge is -2.39. The third-order valence-electron chi connectivity index (χ3n) is 5.96. The SMILES string of the molecule is COc1ccc([C@@H]2C3=C(Nc4ncnn42)c2ccccc2O[C@H]3c2cccc(Br)c2)cc1Br. The van der Waals surface area contributed by atoms with Crippen molar-refractivity contribution in [2.75, 3.05) is 12.4 Å². The zero-order chi connectivity index (χ0) is 22.5. The minimum atomic E-state index is -0.317. The molecular weight excluding hydrogens is 548 g/mol. The first kappa shape index (κ1) is 20.5. The molecule has 2 aliphatic heterocycles. The van der Waals surface area contributed by atoms with E-state index in [9.17, 15) is 0 Å². The van der Waals surface area contributed by atoms with Gasteiger partial charge in [-0.2, -0.15) is 10.1 Å². The van der Waals surface area contributed by atoms with Gasteiger partial charge in [0.15, 0.2) is 0 Å². The summed E-state index contributed by atoms with van der Waals surface area (Å²) in [4.78, 5) is 4.49. The van der Waals surface area contributed by atoms with Crippen LogP contribution >= 0.6 is 31.9 Å². The molecule has 2 atom stereocenters. The highest BCUT2D eigenvalue weighted by atomic mass is 79.9. The molecule has 6 nitrogen and oxygen atoms in total. The first-order valence-corrected chi connectivity index (χ1v) is 12.0. The smallest absolute Gasteiger partial charge is 0.226 e. The number of hydrogen-bond donors (Lipinski definition) is 1. The van der Waals surface area contributed by atoms with Gasteiger partial charge in [-0.15, -0.1) is 0 Å². The fraction of sp³-hybridized carbons (Fsp3) is 0.120. The van der Waals surface area contributed by atoms with Gasteiger partial charge in [0.2, 0.25) is 5.95 Å². The van der Waals surface area contributed by atoms with Crippen LogP contribution in [0.15, 0.2) is 87.6 Å². The average molecular weight is 566 g/mol. The molecule has 1 aromatic heterocycles. The van der Waals surface area contributed by atoms with Crippen LogP contribution in [0, 0.1) is 0 Å². The first-order chi connectivity index (χ1) is 16.1. The summed E-state index contributed by atoms with van der Waals surface area (Å²) in [5, 5.41) is 8.10. The third kappa shape index (κ3) is 3.36. The number of anilines is 1. The molecule has 2 aliphatic rings. The molecule has 1 N–H and O–H groups in total. The normalized spacial score (nSPS) is 18.5. The Kier molecular flexibility index (Phi) is 4.99. The van der Waals surface area contributed by atoms with E-state index in [1.54, 1.807) is 13.4 Å². The topological polar surface area (TPSA) is 61.2 Å². The average Bonchev–Trinajstić information content (AvgIpc) is 3.30. The molecular formula is C25H18Br2N4O2. The van der Waals surface area contributed by atoms with Crippen molar-refractivity contribution in [1.29, 1.82) is 0 Å². The van der Waals surface area contributed by atoms with Gasteiger partial charge < -0.3 is 14.8 Å². The van der Waals surface area contributed by atoms with Crippen LogP contribution in [-0.2, 0) is 0 Å². The minimum Gasteiger partial charge on any atom is -0.496 e. The van der Waals surface area contributed by atoms with Crippen molar-refractivity contribution in [3.8, 4) is 11.5 Å². The van der Waals surface area contributed by atoms with Crippen molar-refractivity contribution in [3.63, 3.8) is 0 Å². The van der Waals surface area contributed by atoms with Gasteiger partial charge in [-0.25, -0.2) is 4.68 Å². The fourth-order valence-electron chi connectivity index (χ4n) is 4.54. The number of ether oxygens (including phenoxy) is 2. The van der Waals surface area contributed by atoms with Crippen molar-refractivity contribution in [2.24, 2.45) is 0 Å². The second-order valence-electron chi connectivity index (χ2n) is 7.83. The molecule has 0 saturated heterocycles. The number of halogens is 2. The Morgan fingerprint density at radius 1 is 1.00 bits per heavy atom. The van der Waals surface area contributed by atoms with Crippen molar-refractivity contribution in [3.05, 3.63) is 104 Å². The molecule has 0 unspecified atom stereocenters. The Balaban J connectivity index is 1.62. The molecule has 6 rings (SSSR count). The summed E-state index contributed by atoms with van der Waals surface area (Å²) in [6, 6.07) is 22.2. The molecule has 0 radical (unpaired) electrons. The van der Waals surface area contributed by atoms with Crippen LogP contribution in [0.2, 0.25) is 0 Å². The monoisotopic (exact) mass is 564 g/mol. The second-order valence-corrected chi connectivity index (χ2v) is 9.60. The van der Waals surface area contributed by atoms with Crippen LogP contribution in [0.4, 0.5) is 5.95 Å². The van der Waals surface area contributed by atoms with Crippen molar-refractivity contribution >= 4 is 43.5 Å². The van der Waals surface area contributed by atoms with E-state index in [4.69, 9.17) is 9.47 Å². The summed E-state index contributed by atoms with van der Waals surface area (Å²) in [6.45, 7) is 0. The molecule has 0 fully saturated rings. The molecule has 0 saturated carbocycles. The van der Waals surface area contributed by atoms with Gasteiger partial charge in [0.1, 0.15) is 30.0 Å². The molecule has 3 aromatic carbocycles. The van der Waals surface area contributed by atoms with E-state index >= 15 is 0 Å². The highest BCUT2D eigenvalue weighted by Crippen LogP contribution is 2.51. The largest absolute Gasteiger partial charge is 0.496 e. The summed E-state index contributed by atoms with van der Waals surface area (Å²) in [5.74, 6) is 2.29. The lowest BCUT2D eigenvalue weighted by Crippen LogP contribution is -2.32. The number of para-hydroxylation sites is 1. The summed E-state index contributed by atoms with van der Waals surface area (Å²) in [7, 11) is 1.66. The van der Waals surface area contributed by atoms with Gasteiger partial charge in [-0.3, -0.25) is 0 Å². The van der Waals surface area contributed by atoms with Gasteiger partial charge in [-0.1, -0.05) is 46.3 Å². The Hall–Kier alpha value is -3.10. The van der Waals surface area contributed by atoms with Gasteiger partial charge in [-0.05, 0) is 63.5 Å². The Morgan fingerprint density at radius 3 is 2.70 bits per heavy atom. The standard InChI is InChI=1S/C25H18Br2N4O2/c1-32-20-10-9-14(12-18(20)27)23-21-22(30-25-28-13-29-31(23)25)17-7-2-3-8-19(17)33-24(21)15-5-4-6-16(26)11-15/h2-13,23-24H,1H3,(H,28,29,30)/t23-,24+/m1/s1. The van der Waals surface area contributed by atoms with Crippen LogP contribution < -0.4 is 14.8 Å². The molecule has 0 bridgehead atoms. The molecule has 8 heteroatoms. The predicted molar refractivity (Wildman–Crippen MR) is 133 cm³/mol. The number of nitrogens with one attached hydrogen (secondary N) is 1. The van der Waals surface area contributed by atoms with Crippen LogP contribution in [0.25, 0.3) is 5.70 Å². The molecule has 164 valence electrons. The Labute approximate surface area is 207 Å². The zero-order valence-electron chi connectivity index (χ0n) is 17.5. The maximum atomic E-state index is 6.64. The molecule has 0 aliphatic carbocycles. The maximum absolute atomic E-state index is 6.64. The van der Waals surface area contributed by atoms with Gasteiger partial charge in [0.25, 0.3) is 0 Å². The molecule has 0 spiro atoms. The number of nitrogens with zero attached hydrogens (tertiary/aromatic N) is 3. The number of rotatable bonds is 3. The van der Waals surface area contributed by atoms with Crippen LogP contribution in [0.1, 0.15) is 28.8 Å². The molecule has 4 aromatic rings. The number of benzene rings is 3. The van der Waals surface area contributed by atoms with Crippen molar-refractivity contribution < 1.29 is 9.47 Å². The summed E-state index contributed by atoms with van der Waals surface area (Å²) in [5.41, 5.74) is 5.17. The van der Waals surface area contributed by atoms with E-state index in [1.807, 2.05) is 41.1 Å². The summed E-state index contributed by atoms with van der Waals surface area (Å²) >= 11 is 7.27. The summed E-state index contributed by atoms with van der Waals surface area (Å²) < 4.78 is 15.9. The lowest BCUT2D eigenvalue weighted by molar-refractivity contribution is 0.223. The summed E-state index contributed by atoms with van der Waals surface area (Å²) in [6.07, 6.45) is 1.26. The minimum absolute atomic E-state index is 0.224. The lowest BCUT2D eigenvalue weighted by atomic mass is 9.84. The van der Waals surface area contributed by atoms with Gasteiger partial charge in [0, 0.05) is 15.6 Å². The number of fused-ring (bicyclic) bond motifs is 3. The van der Waals surface area contributed by atoms with E-state index < -0.39 is 0 Å². The van der Waals surface area contributed by atoms with E-state index in [1.165, 1.54) is 0 Å². The maximum Gasteiger partial charge on any atom is 0.226 e. The van der Waals surface area contributed by atoms with Crippen LogP contribution in [0.5, 0.6) is 11.5 Å². The van der Waals surface area contributed by atoms with E-state index in [0.29, 0.717) is 5.95 Å². The number of methoxy groups -OCH3 is 1. The van der Waals surface area contributed by atoms with E-state index in [-0.39, 0.29) is 12.1 Å². The Bertz CT molecular complexity index is 1420. The quantitative estimate of drug-likeness (QED) is 0.313. The number of aromatic nitrogens is 3. The second kappa shape index (κ2) is 8.04. The van der Waals surface area contributed by atoms with E-state index in [0.717, 1.165) is 48.4 Å². The van der Waals surface area contributed by atoms with Gasteiger partial charge >= 0.3 is 0 Å². The molecule has 33 heavy (non-hydrogen) atoms.